The maximum absolute atomic E-state index is 11.5. The Kier molecular flexibility index (Phi) is 5.45. The predicted molar refractivity (Wildman–Crippen MR) is 103 cm³/mol. The molecule has 1 heterocycles. The zero-order chi connectivity index (χ0) is 17.9. The highest BCUT2D eigenvalue weighted by Gasteiger charge is 2.23. The lowest BCUT2D eigenvalue weighted by molar-refractivity contribution is 0.279. The summed E-state index contributed by atoms with van der Waals surface area (Å²) in [7, 11) is -0.984. The van der Waals surface area contributed by atoms with Gasteiger partial charge in [-0.2, -0.15) is 0 Å². The number of rotatable bonds is 6. The molecule has 1 atom stereocenters. The molecule has 1 aliphatic rings. The van der Waals surface area contributed by atoms with E-state index in [9.17, 15) is 8.42 Å². The minimum Gasteiger partial charge on any atom is -0.371 e. The number of sulfone groups is 1. The van der Waals surface area contributed by atoms with Gasteiger partial charge >= 0.3 is 0 Å². The van der Waals surface area contributed by atoms with Gasteiger partial charge in [0, 0.05) is 38.1 Å². The Morgan fingerprint density at radius 3 is 2.40 bits per heavy atom. The van der Waals surface area contributed by atoms with Gasteiger partial charge in [0.2, 0.25) is 0 Å². The highest BCUT2D eigenvalue weighted by atomic mass is 32.2. The lowest BCUT2D eigenvalue weighted by Crippen LogP contribution is -2.28. The second kappa shape index (κ2) is 7.58. The fraction of sp³-hybridized carbons (Fsp3) is 0.400. The summed E-state index contributed by atoms with van der Waals surface area (Å²) in [5.41, 5.74) is 2.46. The van der Waals surface area contributed by atoms with Gasteiger partial charge in [0.15, 0.2) is 9.84 Å². The SMILES string of the molecule is CN(Cc1ccc(S(C)(=O)=O)cc1)C[C@H]1CCN(c2ccccc2)C1. The third-order valence-corrected chi connectivity index (χ3v) is 5.91. The molecule has 0 spiro atoms. The zero-order valence-corrected chi connectivity index (χ0v) is 15.7. The molecular weight excluding hydrogens is 332 g/mol. The minimum absolute atomic E-state index is 0.383. The van der Waals surface area contributed by atoms with Gasteiger partial charge in [-0.3, -0.25) is 0 Å². The van der Waals surface area contributed by atoms with Crippen LogP contribution in [0.15, 0.2) is 59.5 Å². The van der Waals surface area contributed by atoms with Crippen molar-refractivity contribution in [3.8, 4) is 0 Å². The molecule has 0 saturated carbocycles. The van der Waals surface area contributed by atoms with E-state index in [2.05, 4.69) is 47.2 Å². The van der Waals surface area contributed by atoms with E-state index in [4.69, 9.17) is 0 Å². The Morgan fingerprint density at radius 2 is 1.76 bits per heavy atom. The Bertz CT molecular complexity index is 788. The van der Waals surface area contributed by atoms with E-state index in [1.807, 2.05) is 12.1 Å². The normalized spacial score (nSPS) is 18.0. The van der Waals surface area contributed by atoms with E-state index in [0.717, 1.165) is 31.7 Å². The quantitative estimate of drug-likeness (QED) is 0.796. The fourth-order valence-corrected chi connectivity index (χ4v) is 4.14. The maximum Gasteiger partial charge on any atom is 0.175 e. The zero-order valence-electron chi connectivity index (χ0n) is 14.9. The van der Waals surface area contributed by atoms with Crippen molar-refractivity contribution in [1.82, 2.24) is 4.90 Å². The molecule has 2 aromatic carbocycles. The molecule has 0 N–H and O–H groups in total. The van der Waals surface area contributed by atoms with Gasteiger partial charge < -0.3 is 9.80 Å². The highest BCUT2D eigenvalue weighted by molar-refractivity contribution is 7.90. The van der Waals surface area contributed by atoms with Gasteiger partial charge in [-0.05, 0) is 49.2 Å². The van der Waals surface area contributed by atoms with Crippen LogP contribution in [0.5, 0.6) is 0 Å². The average Bonchev–Trinajstić information content (AvgIpc) is 3.03. The molecule has 1 aliphatic heterocycles. The summed E-state index contributed by atoms with van der Waals surface area (Å²) >= 11 is 0. The van der Waals surface area contributed by atoms with Gasteiger partial charge in [0.05, 0.1) is 4.90 Å². The molecule has 0 aromatic heterocycles. The van der Waals surface area contributed by atoms with Crippen LogP contribution in [0.1, 0.15) is 12.0 Å². The van der Waals surface area contributed by atoms with Crippen LogP contribution < -0.4 is 4.90 Å². The lowest BCUT2D eigenvalue weighted by Gasteiger charge is -2.22. The summed E-state index contributed by atoms with van der Waals surface area (Å²) in [5, 5.41) is 0. The van der Waals surface area contributed by atoms with Crippen molar-refractivity contribution in [3.05, 3.63) is 60.2 Å². The van der Waals surface area contributed by atoms with Gasteiger partial charge in [0.1, 0.15) is 0 Å². The van der Waals surface area contributed by atoms with E-state index < -0.39 is 9.84 Å². The number of hydrogen-bond donors (Lipinski definition) is 0. The summed E-state index contributed by atoms with van der Waals surface area (Å²) in [6.07, 6.45) is 2.46. The van der Waals surface area contributed by atoms with Crippen molar-refractivity contribution in [2.45, 2.75) is 17.9 Å². The lowest BCUT2D eigenvalue weighted by atomic mass is 10.1. The smallest absolute Gasteiger partial charge is 0.175 e. The Morgan fingerprint density at radius 1 is 1.08 bits per heavy atom. The molecule has 3 rings (SSSR count). The third-order valence-electron chi connectivity index (χ3n) is 4.78. The van der Waals surface area contributed by atoms with E-state index in [-0.39, 0.29) is 0 Å². The van der Waals surface area contributed by atoms with Gasteiger partial charge in [-0.1, -0.05) is 30.3 Å². The van der Waals surface area contributed by atoms with E-state index in [1.54, 1.807) is 12.1 Å². The number of anilines is 1. The van der Waals surface area contributed by atoms with Crippen molar-refractivity contribution in [3.63, 3.8) is 0 Å². The molecule has 4 nitrogen and oxygen atoms in total. The fourth-order valence-electron chi connectivity index (χ4n) is 3.51. The number of para-hydroxylation sites is 1. The van der Waals surface area contributed by atoms with E-state index in [1.165, 1.54) is 18.4 Å². The molecule has 0 aliphatic carbocycles. The van der Waals surface area contributed by atoms with Crippen LogP contribution in [0, 0.1) is 5.92 Å². The van der Waals surface area contributed by atoms with Crippen molar-refractivity contribution in [2.24, 2.45) is 5.92 Å². The molecule has 0 radical (unpaired) electrons. The second-order valence-corrected chi connectivity index (χ2v) is 9.06. The van der Waals surface area contributed by atoms with Crippen LogP contribution in [-0.4, -0.2) is 46.3 Å². The topological polar surface area (TPSA) is 40.6 Å². The molecule has 0 unspecified atom stereocenters. The van der Waals surface area contributed by atoms with Gasteiger partial charge in [-0.15, -0.1) is 0 Å². The van der Waals surface area contributed by atoms with Crippen molar-refractivity contribution < 1.29 is 8.42 Å². The Hall–Kier alpha value is -1.85. The minimum atomic E-state index is -3.12. The first-order chi connectivity index (χ1) is 11.9. The average molecular weight is 359 g/mol. The van der Waals surface area contributed by atoms with Crippen LogP contribution in [0.4, 0.5) is 5.69 Å². The highest BCUT2D eigenvalue weighted by Crippen LogP contribution is 2.24. The number of hydrogen-bond acceptors (Lipinski definition) is 4. The molecule has 0 amide bonds. The standard InChI is InChI=1S/C20H26N2O2S/c1-21(14-17-8-10-20(11-9-17)25(2,23)24)15-18-12-13-22(16-18)19-6-4-3-5-7-19/h3-11,18H,12-16H2,1-2H3/t18-/m1/s1. The van der Waals surface area contributed by atoms with Crippen LogP contribution in [0.3, 0.4) is 0 Å². The van der Waals surface area contributed by atoms with Crippen molar-refractivity contribution in [1.29, 1.82) is 0 Å². The molecule has 25 heavy (non-hydrogen) atoms. The molecule has 0 bridgehead atoms. The number of nitrogens with zero attached hydrogens (tertiary/aromatic N) is 2. The third kappa shape index (κ3) is 4.83. The number of benzene rings is 2. The molecule has 5 heteroatoms. The van der Waals surface area contributed by atoms with E-state index in [0.29, 0.717) is 10.8 Å². The monoisotopic (exact) mass is 358 g/mol. The molecule has 1 saturated heterocycles. The maximum atomic E-state index is 11.5. The Labute approximate surface area is 151 Å². The largest absolute Gasteiger partial charge is 0.371 e. The summed E-state index contributed by atoms with van der Waals surface area (Å²) in [6.45, 7) is 4.11. The Balaban J connectivity index is 1.52. The van der Waals surface area contributed by atoms with Crippen LogP contribution in [-0.2, 0) is 16.4 Å². The van der Waals surface area contributed by atoms with Gasteiger partial charge in [-0.25, -0.2) is 8.42 Å². The van der Waals surface area contributed by atoms with Crippen LogP contribution in [0.25, 0.3) is 0 Å². The summed E-state index contributed by atoms with van der Waals surface area (Å²) < 4.78 is 23.1. The van der Waals surface area contributed by atoms with Crippen molar-refractivity contribution in [2.75, 3.05) is 37.8 Å². The van der Waals surface area contributed by atoms with E-state index >= 15 is 0 Å². The molecule has 1 fully saturated rings. The first-order valence-electron chi connectivity index (χ1n) is 8.69. The molecule has 2 aromatic rings. The van der Waals surface area contributed by atoms with Crippen LogP contribution >= 0.6 is 0 Å². The molecule has 134 valence electrons. The van der Waals surface area contributed by atoms with Crippen LogP contribution in [0.2, 0.25) is 0 Å². The first-order valence-corrected chi connectivity index (χ1v) is 10.6. The summed E-state index contributed by atoms with van der Waals surface area (Å²) in [6, 6.07) is 17.8. The first kappa shape index (κ1) is 18.0. The summed E-state index contributed by atoms with van der Waals surface area (Å²) in [5.74, 6) is 0.667. The predicted octanol–water partition coefficient (Wildman–Crippen LogP) is 3.05. The van der Waals surface area contributed by atoms with Crippen molar-refractivity contribution >= 4 is 15.5 Å². The van der Waals surface area contributed by atoms with Gasteiger partial charge in [0.25, 0.3) is 0 Å². The second-order valence-electron chi connectivity index (χ2n) is 7.05. The summed E-state index contributed by atoms with van der Waals surface area (Å²) in [4.78, 5) is 5.17. The molecular formula is C20H26N2O2S.